The van der Waals surface area contributed by atoms with Crippen LogP contribution in [-0.2, 0) is 4.57 Å². The van der Waals surface area contributed by atoms with Crippen LogP contribution in [0.2, 0.25) is 0 Å². The molecule has 0 rings (SSSR count). The van der Waals surface area contributed by atoms with Gasteiger partial charge in [0.15, 0.2) is 0 Å². The fraction of sp³-hybridized carbons (Fsp3) is 1.00. The van der Waals surface area contributed by atoms with Crippen molar-refractivity contribution in [3.8, 4) is 0 Å². The van der Waals surface area contributed by atoms with Gasteiger partial charge in [0.25, 0.3) is 0 Å². The highest BCUT2D eigenvalue weighted by atomic mass is 32.7. The minimum atomic E-state index is -3.89. The zero-order valence-electron chi connectivity index (χ0n) is 12.6. The Hall–Kier alpha value is 0.420. The van der Waals surface area contributed by atoms with Gasteiger partial charge in [0.2, 0.25) is 0 Å². The molecule has 4 N–H and O–H groups in total. The van der Waals surface area contributed by atoms with Crippen molar-refractivity contribution in [3.05, 3.63) is 0 Å². The summed E-state index contributed by atoms with van der Waals surface area (Å²) in [6.07, 6.45) is 9.02. The Labute approximate surface area is 127 Å². The molecule has 0 aliphatic heterocycles. The van der Waals surface area contributed by atoms with Gasteiger partial charge in [0, 0.05) is 12.3 Å². The zero-order valence-corrected chi connectivity index (χ0v) is 14.4. The first-order valence-electron chi connectivity index (χ1n) is 7.68. The summed E-state index contributed by atoms with van der Waals surface area (Å²) in [4.78, 5) is 17.3. The van der Waals surface area contributed by atoms with E-state index in [2.05, 4.69) is 17.6 Å². The quantitative estimate of drug-likeness (QED) is 0.274. The van der Waals surface area contributed by atoms with Gasteiger partial charge in [-0.1, -0.05) is 39.0 Å². The fourth-order valence-electron chi connectivity index (χ4n) is 1.86. The van der Waals surface area contributed by atoms with Crippen molar-refractivity contribution in [2.45, 2.75) is 51.9 Å². The minimum Gasteiger partial charge on any atom is -0.317 e. The van der Waals surface area contributed by atoms with Gasteiger partial charge < -0.3 is 20.4 Å². The van der Waals surface area contributed by atoms with Crippen molar-refractivity contribution in [2.75, 3.05) is 31.9 Å². The van der Waals surface area contributed by atoms with Gasteiger partial charge >= 0.3 is 6.80 Å². The first-order chi connectivity index (χ1) is 9.56. The van der Waals surface area contributed by atoms with E-state index in [1.54, 1.807) is 0 Å². The summed E-state index contributed by atoms with van der Waals surface area (Å²) in [6, 6.07) is 0. The van der Waals surface area contributed by atoms with Gasteiger partial charge in [-0.3, -0.25) is 0 Å². The lowest BCUT2D eigenvalue weighted by molar-refractivity contribution is 0.397. The first kappa shape index (κ1) is 20.4. The van der Waals surface area contributed by atoms with Crippen molar-refractivity contribution >= 4 is 18.2 Å². The molecule has 0 aromatic heterocycles. The Kier molecular flexibility index (Phi) is 14.7. The Morgan fingerprint density at radius 1 is 0.850 bits per heavy atom. The van der Waals surface area contributed by atoms with Crippen molar-refractivity contribution in [2.24, 2.45) is 0 Å². The molecular formula is C13H31N2O3PS. The molecule has 0 aromatic carbocycles. The minimum absolute atomic E-state index is 0.454. The molecule has 7 heteroatoms. The Morgan fingerprint density at radius 2 is 1.40 bits per heavy atom. The van der Waals surface area contributed by atoms with Gasteiger partial charge in [-0.2, -0.15) is 0 Å². The summed E-state index contributed by atoms with van der Waals surface area (Å²) in [7, 11) is 0. The van der Waals surface area contributed by atoms with E-state index in [-0.39, 0.29) is 0 Å². The van der Waals surface area contributed by atoms with E-state index < -0.39 is 6.80 Å². The molecule has 0 bridgehead atoms. The summed E-state index contributed by atoms with van der Waals surface area (Å²) < 4.78 is 10.6. The molecule has 0 aliphatic rings. The molecule has 0 spiro atoms. The van der Waals surface area contributed by atoms with Crippen LogP contribution >= 0.6 is 18.2 Å². The average Bonchev–Trinajstić information content (AvgIpc) is 2.38. The molecule has 0 saturated carbocycles. The Bertz CT molecular complexity index is 252. The Balaban J connectivity index is 3.01. The lowest BCUT2D eigenvalue weighted by atomic mass is 10.1. The van der Waals surface area contributed by atoms with Crippen LogP contribution in [0.3, 0.4) is 0 Å². The highest BCUT2D eigenvalue weighted by Gasteiger charge is 2.11. The van der Waals surface area contributed by atoms with Crippen LogP contribution in [0, 0.1) is 0 Å². The summed E-state index contributed by atoms with van der Waals surface area (Å²) in [5.41, 5.74) is 0. The van der Waals surface area contributed by atoms with Gasteiger partial charge in [0.1, 0.15) is 0 Å². The van der Waals surface area contributed by atoms with Crippen LogP contribution in [0.4, 0.5) is 0 Å². The van der Waals surface area contributed by atoms with E-state index in [4.69, 9.17) is 9.79 Å². The van der Waals surface area contributed by atoms with Crippen LogP contribution in [-0.4, -0.2) is 41.7 Å². The lowest BCUT2D eigenvalue weighted by Crippen LogP contribution is -2.24. The second kappa shape index (κ2) is 14.4. The van der Waals surface area contributed by atoms with Crippen molar-refractivity contribution < 1.29 is 14.4 Å². The molecule has 0 unspecified atom stereocenters. The normalized spacial score (nSPS) is 11.9. The summed E-state index contributed by atoms with van der Waals surface area (Å²) in [5, 5.41) is 6.60. The standard InChI is InChI=1S/C13H31N2O3PS/c1-2-3-4-5-6-7-9-14-10-8-11-15-12-13-20-19(16,17)18/h14-15H,2-13H2,1H3,(H2,16,17,18). The first-order valence-corrected chi connectivity index (χ1v) is 10.9. The van der Waals surface area contributed by atoms with E-state index in [1.165, 1.54) is 38.5 Å². The molecule has 5 nitrogen and oxygen atoms in total. The third-order valence-electron chi connectivity index (χ3n) is 2.95. The van der Waals surface area contributed by atoms with Crippen molar-refractivity contribution in [3.63, 3.8) is 0 Å². The van der Waals surface area contributed by atoms with Crippen molar-refractivity contribution in [1.29, 1.82) is 0 Å². The third kappa shape index (κ3) is 18.4. The zero-order chi connectivity index (χ0) is 15.1. The van der Waals surface area contributed by atoms with Crippen LogP contribution in [0.1, 0.15) is 51.9 Å². The fourth-order valence-corrected chi connectivity index (χ4v) is 3.32. The molecule has 0 heterocycles. The molecule has 0 radical (unpaired) electrons. The predicted octanol–water partition coefficient (Wildman–Crippen LogP) is 2.74. The highest BCUT2D eigenvalue weighted by molar-refractivity contribution is 8.54. The van der Waals surface area contributed by atoms with Gasteiger partial charge in [0.05, 0.1) is 0 Å². The summed E-state index contributed by atoms with van der Waals surface area (Å²) in [5.74, 6) is 0.454. The third-order valence-corrected chi connectivity index (χ3v) is 5.23. The topological polar surface area (TPSA) is 81.6 Å². The summed E-state index contributed by atoms with van der Waals surface area (Å²) >= 11 is 0.705. The second-order valence-corrected chi connectivity index (χ2v) is 8.79. The number of nitrogens with one attached hydrogen (secondary N) is 2. The van der Waals surface area contributed by atoms with E-state index in [1.807, 2.05) is 0 Å². The molecule has 0 aromatic rings. The molecule has 0 saturated heterocycles. The highest BCUT2D eigenvalue weighted by Crippen LogP contribution is 2.49. The van der Waals surface area contributed by atoms with Gasteiger partial charge in [-0.05, 0) is 43.9 Å². The molecule has 20 heavy (non-hydrogen) atoms. The molecule has 0 aliphatic carbocycles. The van der Waals surface area contributed by atoms with E-state index in [0.29, 0.717) is 23.7 Å². The van der Waals surface area contributed by atoms with Crippen LogP contribution in [0.15, 0.2) is 0 Å². The van der Waals surface area contributed by atoms with E-state index in [9.17, 15) is 4.57 Å². The van der Waals surface area contributed by atoms with Gasteiger partial charge in [-0.25, -0.2) is 4.57 Å². The maximum absolute atomic E-state index is 10.6. The predicted molar refractivity (Wildman–Crippen MR) is 88.2 cm³/mol. The Morgan fingerprint density at radius 3 is 2.05 bits per heavy atom. The van der Waals surface area contributed by atoms with Crippen LogP contribution < -0.4 is 10.6 Å². The van der Waals surface area contributed by atoms with Crippen molar-refractivity contribution in [1.82, 2.24) is 10.6 Å². The van der Waals surface area contributed by atoms with E-state index in [0.717, 1.165) is 26.1 Å². The number of hydrogen-bond donors (Lipinski definition) is 4. The average molecular weight is 326 g/mol. The molecular weight excluding hydrogens is 295 g/mol. The number of unbranched alkanes of at least 4 members (excludes halogenated alkanes) is 5. The van der Waals surface area contributed by atoms with E-state index >= 15 is 0 Å². The van der Waals surface area contributed by atoms with Crippen LogP contribution in [0.25, 0.3) is 0 Å². The molecule has 122 valence electrons. The summed E-state index contributed by atoms with van der Waals surface area (Å²) in [6.45, 7) is 2.00. The SMILES string of the molecule is CCCCCCCCNCCCNCCSP(=O)(O)O. The molecule has 0 fully saturated rings. The lowest BCUT2D eigenvalue weighted by Gasteiger charge is -2.07. The smallest absolute Gasteiger partial charge is 0.317 e. The largest absolute Gasteiger partial charge is 0.384 e. The molecule has 0 atom stereocenters. The second-order valence-electron chi connectivity index (χ2n) is 4.95. The van der Waals surface area contributed by atoms with Crippen LogP contribution in [0.5, 0.6) is 0 Å². The number of rotatable bonds is 15. The van der Waals surface area contributed by atoms with Gasteiger partial charge in [-0.15, -0.1) is 0 Å². The maximum atomic E-state index is 10.6. The monoisotopic (exact) mass is 326 g/mol. The number of hydrogen-bond acceptors (Lipinski definition) is 4. The molecule has 0 amide bonds. The maximum Gasteiger partial charge on any atom is 0.384 e.